The van der Waals surface area contributed by atoms with Crippen molar-refractivity contribution < 1.29 is 14.3 Å². The topological polar surface area (TPSA) is 68.3 Å². The van der Waals surface area contributed by atoms with Crippen LogP contribution in [0.1, 0.15) is 20.0 Å². The summed E-state index contributed by atoms with van der Waals surface area (Å²) in [7, 11) is 1.27. The number of ether oxygens (including phenoxy) is 1. The Morgan fingerprint density at radius 2 is 2.10 bits per heavy atom. The van der Waals surface area contributed by atoms with Gasteiger partial charge in [-0.3, -0.25) is 10.1 Å². The predicted octanol–water partition coefficient (Wildman–Crippen LogP) is 3.49. The lowest BCUT2D eigenvalue weighted by atomic mass is 10.2. The molecule has 2 rings (SSSR count). The molecule has 2 aromatic rings. The molecular weight excluding hydrogens is 323 g/mol. The molecule has 1 aromatic heterocycles. The number of aromatic nitrogens is 1. The lowest BCUT2D eigenvalue weighted by molar-refractivity contribution is 0.0606. The van der Waals surface area contributed by atoms with Crippen LogP contribution in [0.3, 0.4) is 0 Å². The lowest BCUT2D eigenvalue weighted by Gasteiger charge is -2.04. The lowest BCUT2D eigenvalue weighted by Crippen LogP contribution is -2.12. The average Bonchev–Trinajstić information content (AvgIpc) is 2.89. The third-order valence-corrected chi connectivity index (χ3v) is 4.02. The number of methoxy groups -OCH3 is 1. The summed E-state index contributed by atoms with van der Waals surface area (Å²) in [5.41, 5.74) is 0.231. The van der Waals surface area contributed by atoms with Gasteiger partial charge in [0.15, 0.2) is 5.13 Å². The Labute approximate surface area is 128 Å². The normalized spacial score (nSPS) is 10.2. The molecule has 0 bridgehead atoms. The first kappa shape index (κ1) is 14.8. The fourth-order valence-electron chi connectivity index (χ4n) is 1.37. The highest BCUT2D eigenvalue weighted by molar-refractivity contribution is 7.17. The molecule has 0 aliphatic rings. The highest BCUT2D eigenvalue weighted by Gasteiger charge is 2.16. The van der Waals surface area contributed by atoms with E-state index in [9.17, 15) is 9.59 Å². The van der Waals surface area contributed by atoms with Crippen LogP contribution in [-0.4, -0.2) is 24.0 Å². The molecule has 1 aromatic carbocycles. The predicted molar refractivity (Wildman–Crippen MR) is 77.9 cm³/mol. The Hall–Kier alpha value is -1.63. The van der Waals surface area contributed by atoms with Crippen LogP contribution in [0.4, 0.5) is 5.13 Å². The maximum Gasteiger partial charge on any atom is 0.349 e. The van der Waals surface area contributed by atoms with Crippen LogP contribution in [0.2, 0.25) is 10.0 Å². The zero-order valence-electron chi connectivity index (χ0n) is 10.1. The third-order valence-electron chi connectivity index (χ3n) is 2.31. The van der Waals surface area contributed by atoms with Crippen molar-refractivity contribution in [2.24, 2.45) is 0 Å². The molecule has 0 unspecified atom stereocenters. The second-order valence-electron chi connectivity index (χ2n) is 3.58. The zero-order valence-corrected chi connectivity index (χ0v) is 12.5. The van der Waals surface area contributed by atoms with Crippen molar-refractivity contribution in [2.75, 3.05) is 12.4 Å². The summed E-state index contributed by atoms with van der Waals surface area (Å²) in [6.45, 7) is 0. The minimum absolute atomic E-state index is 0.163. The minimum atomic E-state index is -0.510. The molecule has 0 saturated heterocycles. The summed E-state index contributed by atoms with van der Waals surface area (Å²) in [5.74, 6) is -0.966. The van der Waals surface area contributed by atoms with E-state index in [2.05, 4.69) is 15.0 Å². The van der Waals surface area contributed by atoms with Crippen molar-refractivity contribution in [3.8, 4) is 0 Å². The molecule has 8 heteroatoms. The van der Waals surface area contributed by atoms with Gasteiger partial charge < -0.3 is 4.74 Å². The van der Waals surface area contributed by atoms with Gasteiger partial charge in [0.05, 0.1) is 28.9 Å². The van der Waals surface area contributed by atoms with Gasteiger partial charge in [-0.2, -0.15) is 0 Å². The second kappa shape index (κ2) is 6.21. The number of benzene rings is 1. The summed E-state index contributed by atoms with van der Waals surface area (Å²) in [6, 6.07) is 4.74. The molecule has 0 atom stereocenters. The van der Waals surface area contributed by atoms with Gasteiger partial charge in [0.25, 0.3) is 5.91 Å². The van der Waals surface area contributed by atoms with Crippen molar-refractivity contribution in [3.63, 3.8) is 0 Å². The smallest absolute Gasteiger partial charge is 0.349 e. The fourth-order valence-corrected chi connectivity index (χ4v) is 2.49. The van der Waals surface area contributed by atoms with Crippen molar-refractivity contribution in [2.45, 2.75) is 0 Å². The number of nitrogens with one attached hydrogen (secondary N) is 1. The summed E-state index contributed by atoms with van der Waals surface area (Å²) >= 11 is 12.8. The van der Waals surface area contributed by atoms with Gasteiger partial charge in [0.1, 0.15) is 4.88 Å². The summed E-state index contributed by atoms with van der Waals surface area (Å²) in [5, 5.41) is 3.26. The third kappa shape index (κ3) is 3.09. The molecule has 104 valence electrons. The monoisotopic (exact) mass is 330 g/mol. The molecule has 0 saturated carbocycles. The average molecular weight is 331 g/mol. The second-order valence-corrected chi connectivity index (χ2v) is 5.39. The van der Waals surface area contributed by atoms with E-state index >= 15 is 0 Å². The van der Waals surface area contributed by atoms with Crippen molar-refractivity contribution >= 4 is 51.5 Å². The van der Waals surface area contributed by atoms with E-state index in [-0.39, 0.29) is 20.7 Å². The van der Waals surface area contributed by atoms with Crippen LogP contribution in [0.5, 0.6) is 0 Å². The highest BCUT2D eigenvalue weighted by Crippen LogP contribution is 2.27. The SMILES string of the molecule is COC(=O)c1cnc(NC(=O)c2cccc(Cl)c2Cl)s1. The van der Waals surface area contributed by atoms with E-state index in [1.54, 1.807) is 18.2 Å². The molecular formula is C12H8Cl2N2O3S. The Kier molecular flexibility index (Phi) is 4.59. The van der Waals surface area contributed by atoms with Crippen LogP contribution in [0.15, 0.2) is 24.4 Å². The van der Waals surface area contributed by atoms with E-state index in [0.29, 0.717) is 4.88 Å². The number of hydrogen-bond donors (Lipinski definition) is 1. The first-order chi connectivity index (χ1) is 9.52. The van der Waals surface area contributed by atoms with Crippen molar-refractivity contribution in [3.05, 3.63) is 44.9 Å². The number of amides is 1. The number of anilines is 1. The Bertz CT molecular complexity index is 672. The molecule has 0 aliphatic heterocycles. The largest absolute Gasteiger partial charge is 0.465 e. The molecule has 0 fully saturated rings. The van der Waals surface area contributed by atoms with Gasteiger partial charge in [-0.25, -0.2) is 9.78 Å². The van der Waals surface area contributed by atoms with Crippen molar-refractivity contribution in [1.82, 2.24) is 4.98 Å². The Balaban J connectivity index is 2.18. The molecule has 0 aliphatic carbocycles. The molecule has 0 radical (unpaired) electrons. The summed E-state index contributed by atoms with van der Waals surface area (Å²) < 4.78 is 4.55. The van der Waals surface area contributed by atoms with Gasteiger partial charge >= 0.3 is 5.97 Å². The van der Waals surface area contributed by atoms with Gasteiger partial charge in [-0.05, 0) is 12.1 Å². The van der Waals surface area contributed by atoms with Crippen LogP contribution in [0, 0.1) is 0 Å². The van der Waals surface area contributed by atoms with E-state index in [4.69, 9.17) is 23.2 Å². The van der Waals surface area contributed by atoms with Crippen LogP contribution < -0.4 is 5.32 Å². The first-order valence-corrected chi connectivity index (χ1v) is 6.89. The number of hydrogen-bond acceptors (Lipinski definition) is 5. The summed E-state index contributed by atoms with van der Waals surface area (Å²) in [6.07, 6.45) is 1.33. The van der Waals surface area contributed by atoms with Gasteiger partial charge in [0.2, 0.25) is 0 Å². The standard InChI is InChI=1S/C12H8Cl2N2O3S/c1-19-11(18)8-5-15-12(20-8)16-10(17)6-3-2-4-7(13)9(6)14/h2-5H,1H3,(H,15,16,17). The van der Waals surface area contributed by atoms with E-state index in [1.807, 2.05) is 0 Å². The van der Waals surface area contributed by atoms with Crippen molar-refractivity contribution in [1.29, 1.82) is 0 Å². The Morgan fingerprint density at radius 1 is 1.35 bits per heavy atom. The molecule has 1 N–H and O–H groups in total. The number of rotatable bonds is 3. The van der Waals surface area contributed by atoms with E-state index in [1.165, 1.54) is 13.3 Å². The van der Waals surface area contributed by atoms with Gasteiger partial charge in [0, 0.05) is 0 Å². The molecule has 20 heavy (non-hydrogen) atoms. The Morgan fingerprint density at radius 3 is 2.80 bits per heavy atom. The maximum absolute atomic E-state index is 12.0. The number of halogens is 2. The highest BCUT2D eigenvalue weighted by atomic mass is 35.5. The maximum atomic E-state index is 12.0. The van der Waals surface area contributed by atoms with Gasteiger partial charge in [-0.1, -0.05) is 40.6 Å². The fraction of sp³-hybridized carbons (Fsp3) is 0.0833. The van der Waals surface area contributed by atoms with E-state index < -0.39 is 11.9 Å². The molecule has 1 amide bonds. The summed E-state index contributed by atoms with van der Waals surface area (Å²) in [4.78, 5) is 27.5. The molecule has 0 spiro atoms. The van der Waals surface area contributed by atoms with Crippen LogP contribution in [-0.2, 0) is 4.74 Å². The quantitative estimate of drug-likeness (QED) is 0.874. The minimum Gasteiger partial charge on any atom is -0.465 e. The van der Waals surface area contributed by atoms with E-state index in [0.717, 1.165) is 11.3 Å². The zero-order chi connectivity index (χ0) is 14.7. The number of thiazole rings is 1. The first-order valence-electron chi connectivity index (χ1n) is 5.32. The number of carbonyl (C=O) groups excluding carboxylic acids is 2. The van der Waals surface area contributed by atoms with Crippen LogP contribution >= 0.6 is 34.5 Å². The molecule has 1 heterocycles. The number of nitrogens with zero attached hydrogens (tertiary/aromatic N) is 1. The molecule has 5 nitrogen and oxygen atoms in total. The van der Waals surface area contributed by atoms with Gasteiger partial charge in [-0.15, -0.1) is 0 Å². The number of esters is 1. The van der Waals surface area contributed by atoms with Crippen LogP contribution in [0.25, 0.3) is 0 Å². The number of carbonyl (C=O) groups is 2.